The average Bonchev–Trinajstić information content (AvgIpc) is 3.25. The van der Waals surface area contributed by atoms with Crippen molar-refractivity contribution in [1.82, 2.24) is 9.99 Å². The van der Waals surface area contributed by atoms with E-state index in [2.05, 4.69) is 21.2 Å². The maximum atomic E-state index is 12.9. The van der Waals surface area contributed by atoms with E-state index in [-0.39, 0.29) is 5.91 Å². The molecule has 0 unspecified atom stereocenters. The lowest BCUT2D eigenvalue weighted by Crippen LogP contribution is -2.18. The van der Waals surface area contributed by atoms with Crippen LogP contribution in [0.5, 0.6) is 5.75 Å². The number of aromatic nitrogens is 1. The fraction of sp³-hybridized carbons (Fsp3) is 0.0690. The normalized spacial score (nSPS) is 11.1. The highest BCUT2D eigenvalue weighted by atomic mass is 16.5. The number of fused-ring (bicyclic) bond motifs is 2. The van der Waals surface area contributed by atoms with Gasteiger partial charge in [0, 0.05) is 29.2 Å². The lowest BCUT2D eigenvalue weighted by atomic mass is 10.1. The molecule has 170 valence electrons. The van der Waals surface area contributed by atoms with Gasteiger partial charge >= 0.3 is 0 Å². The van der Waals surface area contributed by atoms with Crippen molar-refractivity contribution in [2.75, 3.05) is 7.11 Å². The summed E-state index contributed by atoms with van der Waals surface area (Å²) in [5, 5.41) is 16.6. The molecule has 0 atom stereocenters. The third kappa shape index (κ3) is 4.35. The predicted octanol–water partition coefficient (Wildman–Crippen LogP) is 5.49. The smallest absolute Gasteiger partial charge is 0.275 e. The minimum Gasteiger partial charge on any atom is -0.496 e. The fourth-order valence-corrected chi connectivity index (χ4v) is 4.25. The van der Waals surface area contributed by atoms with E-state index >= 15 is 0 Å². The summed E-state index contributed by atoms with van der Waals surface area (Å²) in [7, 11) is 1.55. The first kappa shape index (κ1) is 21.9. The topological polar surface area (TPSA) is 79.4 Å². The molecule has 0 aliphatic heterocycles. The first-order chi connectivity index (χ1) is 17.2. The van der Waals surface area contributed by atoms with Crippen molar-refractivity contribution in [1.29, 1.82) is 5.26 Å². The van der Waals surface area contributed by atoms with Crippen LogP contribution in [0.15, 0.2) is 96.2 Å². The average molecular weight is 459 g/mol. The fourth-order valence-electron chi connectivity index (χ4n) is 4.25. The molecule has 6 nitrogen and oxygen atoms in total. The van der Waals surface area contributed by atoms with Crippen molar-refractivity contribution in [3.05, 3.63) is 113 Å². The Morgan fingerprint density at radius 1 is 1.03 bits per heavy atom. The Balaban J connectivity index is 1.42. The van der Waals surface area contributed by atoms with Gasteiger partial charge in [0.2, 0.25) is 0 Å². The van der Waals surface area contributed by atoms with E-state index in [0.717, 1.165) is 32.8 Å². The van der Waals surface area contributed by atoms with Gasteiger partial charge in [0.1, 0.15) is 5.75 Å². The van der Waals surface area contributed by atoms with E-state index in [4.69, 9.17) is 4.74 Å². The molecule has 0 aliphatic rings. The summed E-state index contributed by atoms with van der Waals surface area (Å²) in [6.07, 6.45) is 3.62. The largest absolute Gasteiger partial charge is 0.496 e. The minimum absolute atomic E-state index is 0.351. The van der Waals surface area contributed by atoms with Gasteiger partial charge in [0.15, 0.2) is 0 Å². The van der Waals surface area contributed by atoms with Gasteiger partial charge in [-0.3, -0.25) is 4.79 Å². The number of nitrogens with zero attached hydrogens (tertiary/aromatic N) is 3. The number of carbonyl (C=O) groups is 1. The van der Waals surface area contributed by atoms with Gasteiger partial charge in [-0.2, -0.15) is 10.4 Å². The number of benzene rings is 4. The Labute approximate surface area is 202 Å². The Morgan fingerprint density at radius 3 is 2.54 bits per heavy atom. The number of hydrogen-bond donors (Lipinski definition) is 1. The van der Waals surface area contributed by atoms with E-state index in [9.17, 15) is 10.1 Å². The van der Waals surface area contributed by atoms with Crippen molar-refractivity contribution in [3.63, 3.8) is 0 Å². The molecule has 5 aromatic rings. The molecule has 6 heteroatoms. The Hall–Kier alpha value is -4.89. The molecule has 1 amide bonds. The zero-order chi connectivity index (χ0) is 24.2. The third-order valence-corrected chi connectivity index (χ3v) is 5.98. The number of carbonyl (C=O) groups excluding carboxylic acids is 1. The van der Waals surface area contributed by atoms with Crippen molar-refractivity contribution in [2.24, 2.45) is 5.10 Å². The summed E-state index contributed by atoms with van der Waals surface area (Å²) in [6.45, 7) is 0.554. The summed E-state index contributed by atoms with van der Waals surface area (Å²) >= 11 is 0. The van der Waals surface area contributed by atoms with E-state index < -0.39 is 0 Å². The molecule has 1 aromatic heterocycles. The first-order valence-corrected chi connectivity index (χ1v) is 11.1. The Bertz CT molecular complexity index is 1630. The van der Waals surface area contributed by atoms with E-state index in [0.29, 0.717) is 23.4 Å². The summed E-state index contributed by atoms with van der Waals surface area (Å²) < 4.78 is 7.52. The zero-order valence-corrected chi connectivity index (χ0v) is 19.1. The minimum atomic E-state index is -0.351. The van der Waals surface area contributed by atoms with Gasteiger partial charge in [0.05, 0.1) is 30.5 Å². The highest BCUT2D eigenvalue weighted by Gasteiger charge is 2.14. The van der Waals surface area contributed by atoms with Crippen LogP contribution in [0.25, 0.3) is 21.7 Å². The van der Waals surface area contributed by atoms with Gasteiger partial charge in [-0.05, 0) is 40.6 Å². The van der Waals surface area contributed by atoms with Crippen LogP contribution in [-0.4, -0.2) is 23.8 Å². The number of nitrogens with one attached hydrogen (secondary N) is 1. The molecule has 1 heterocycles. The summed E-state index contributed by atoms with van der Waals surface area (Å²) in [5.41, 5.74) is 6.51. The highest BCUT2D eigenvalue weighted by Crippen LogP contribution is 2.26. The van der Waals surface area contributed by atoms with E-state index in [1.807, 2.05) is 85.1 Å². The van der Waals surface area contributed by atoms with Crippen molar-refractivity contribution in [2.45, 2.75) is 6.54 Å². The molecular formula is C29H22N4O2. The number of hydrogen-bond acceptors (Lipinski definition) is 4. The second-order valence-electron chi connectivity index (χ2n) is 8.10. The number of hydrazone groups is 1. The number of nitriles is 1. The van der Waals surface area contributed by atoms with Crippen LogP contribution in [0.3, 0.4) is 0 Å². The number of para-hydroxylation sites is 1. The first-order valence-electron chi connectivity index (χ1n) is 11.1. The van der Waals surface area contributed by atoms with Gasteiger partial charge in [-0.25, -0.2) is 5.43 Å². The second-order valence-corrected chi connectivity index (χ2v) is 8.10. The summed E-state index contributed by atoms with van der Waals surface area (Å²) in [6, 6.07) is 29.3. The standard InChI is InChI=1S/C29H22N4O2/c1-35-28-15-21-9-3-2-8-20(21)14-26(28)29(34)32-31-17-24-19-33(27-13-7-6-12-25(24)27)18-23-11-5-4-10-22(23)16-30/h2-15,17,19H,18H2,1H3,(H,32,34)/b31-17-. The molecule has 1 N–H and O–H groups in total. The molecule has 0 bridgehead atoms. The monoisotopic (exact) mass is 458 g/mol. The molecule has 0 saturated heterocycles. The van der Waals surface area contributed by atoms with Gasteiger partial charge < -0.3 is 9.30 Å². The Kier molecular flexibility index (Phi) is 5.98. The Morgan fingerprint density at radius 2 is 1.74 bits per heavy atom. The molecule has 0 saturated carbocycles. The lowest BCUT2D eigenvalue weighted by molar-refractivity contribution is 0.0952. The van der Waals surface area contributed by atoms with Crippen LogP contribution in [-0.2, 0) is 6.54 Å². The number of ether oxygens (including phenoxy) is 1. The van der Waals surface area contributed by atoms with E-state index in [1.165, 1.54) is 0 Å². The zero-order valence-electron chi connectivity index (χ0n) is 19.1. The molecule has 0 spiro atoms. The van der Waals surface area contributed by atoms with Crippen LogP contribution < -0.4 is 10.2 Å². The second kappa shape index (κ2) is 9.54. The lowest BCUT2D eigenvalue weighted by Gasteiger charge is -2.09. The molecule has 0 aliphatic carbocycles. The van der Waals surface area contributed by atoms with Crippen LogP contribution in [0, 0.1) is 11.3 Å². The molecule has 35 heavy (non-hydrogen) atoms. The SMILES string of the molecule is COc1cc2ccccc2cc1C(=O)N/N=C\c1cn(Cc2ccccc2C#N)c2ccccc12. The van der Waals surface area contributed by atoms with Crippen molar-refractivity contribution in [3.8, 4) is 11.8 Å². The number of methoxy groups -OCH3 is 1. The van der Waals surface area contributed by atoms with Crippen LogP contribution in [0.4, 0.5) is 0 Å². The highest BCUT2D eigenvalue weighted by molar-refractivity contribution is 6.03. The van der Waals surface area contributed by atoms with Crippen molar-refractivity contribution >= 4 is 33.8 Å². The van der Waals surface area contributed by atoms with Crippen LogP contribution in [0.2, 0.25) is 0 Å². The maximum Gasteiger partial charge on any atom is 0.275 e. The van der Waals surface area contributed by atoms with Crippen molar-refractivity contribution < 1.29 is 9.53 Å². The van der Waals surface area contributed by atoms with Gasteiger partial charge in [-0.15, -0.1) is 0 Å². The molecule has 4 aromatic carbocycles. The molecule has 5 rings (SSSR count). The number of amides is 1. The van der Waals surface area contributed by atoms with Gasteiger partial charge in [0.25, 0.3) is 5.91 Å². The van der Waals surface area contributed by atoms with Crippen LogP contribution in [0.1, 0.15) is 27.0 Å². The molecular weight excluding hydrogens is 436 g/mol. The summed E-state index contributed by atoms with van der Waals surface area (Å²) in [4.78, 5) is 12.9. The molecule has 0 radical (unpaired) electrons. The quantitative estimate of drug-likeness (QED) is 0.270. The van der Waals surface area contributed by atoms with E-state index in [1.54, 1.807) is 19.4 Å². The number of rotatable bonds is 6. The predicted molar refractivity (Wildman–Crippen MR) is 138 cm³/mol. The maximum absolute atomic E-state index is 12.9. The van der Waals surface area contributed by atoms with Gasteiger partial charge in [-0.1, -0.05) is 60.7 Å². The molecule has 0 fully saturated rings. The van der Waals surface area contributed by atoms with Crippen LogP contribution >= 0.6 is 0 Å². The third-order valence-electron chi connectivity index (χ3n) is 5.98. The summed E-state index contributed by atoms with van der Waals surface area (Å²) in [5.74, 6) is 0.139.